The van der Waals surface area contributed by atoms with E-state index in [-0.39, 0.29) is 6.10 Å². The van der Waals surface area contributed by atoms with E-state index in [0.717, 1.165) is 66.4 Å². The molecule has 120 valence electrons. The number of rotatable bonds is 8. The molecule has 1 aromatic heterocycles. The number of hydrogen-bond acceptors (Lipinski definition) is 2. The van der Waals surface area contributed by atoms with E-state index in [9.17, 15) is 4.79 Å². The molecule has 0 bridgehead atoms. The van der Waals surface area contributed by atoms with Crippen LogP contribution in [0.2, 0.25) is 0 Å². The molecule has 2 aromatic rings. The lowest BCUT2D eigenvalue weighted by atomic mass is 10.1. The first-order valence-electron chi connectivity index (χ1n) is 8.37. The van der Waals surface area contributed by atoms with E-state index in [4.69, 9.17) is 4.74 Å². The fraction of sp³-hybridized carbons (Fsp3) is 0.526. The summed E-state index contributed by atoms with van der Waals surface area (Å²) < 4.78 is 8.22. The SMILES string of the molecule is CCCCn1c(C)c(C=O)c2cc(O[C@@H](C)CCC)ccc21. The van der Waals surface area contributed by atoms with E-state index in [2.05, 4.69) is 31.4 Å². The highest BCUT2D eigenvalue weighted by Gasteiger charge is 2.14. The smallest absolute Gasteiger partial charge is 0.152 e. The van der Waals surface area contributed by atoms with Crippen molar-refractivity contribution in [2.75, 3.05) is 0 Å². The fourth-order valence-corrected chi connectivity index (χ4v) is 3.01. The molecule has 0 unspecified atom stereocenters. The molecular formula is C19H27NO2. The molecule has 0 saturated carbocycles. The molecular weight excluding hydrogens is 274 g/mol. The van der Waals surface area contributed by atoms with Gasteiger partial charge < -0.3 is 9.30 Å². The number of aryl methyl sites for hydroxylation is 1. The lowest BCUT2D eigenvalue weighted by Gasteiger charge is -2.14. The summed E-state index contributed by atoms with van der Waals surface area (Å²) in [6.07, 6.45) is 5.58. The number of benzene rings is 1. The Morgan fingerprint density at radius 3 is 2.68 bits per heavy atom. The Morgan fingerprint density at radius 1 is 1.27 bits per heavy atom. The number of aldehydes is 1. The van der Waals surface area contributed by atoms with Crippen LogP contribution in [0.25, 0.3) is 10.9 Å². The lowest BCUT2D eigenvalue weighted by Crippen LogP contribution is -2.10. The van der Waals surface area contributed by atoms with Gasteiger partial charge in [-0.05, 0) is 44.9 Å². The van der Waals surface area contributed by atoms with Crippen molar-refractivity contribution < 1.29 is 9.53 Å². The fourth-order valence-electron chi connectivity index (χ4n) is 3.01. The Labute approximate surface area is 133 Å². The van der Waals surface area contributed by atoms with Crippen molar-refractivity contribution >= 4 is 17.2 Å². The summed E-state index contributed by atoms with van der Waals surface area (Å²) in [6, 6.07) is 6.12. The summed E-state index contributed by atoms with van der Waals surface area (Å²) in [5.41, 5.74) is 2.97. The number of carbonyl (C=O) groups is 1. The van der Waals surface area contributed by atoms with Crippen molar-refractivity contribution in [1.29, 1.82) is 0 Å². The topological polar surface area (TPSA) is 31.2 Å². The minimum absolute atomic E-state index is 0.199. The molecule has 1 heterocycles. The zero-order valence-corrected chi connectivity index (χ0v) is 14.2. The minimum atomic E-state index is 0.199. The van der Waals surface area contributed by atoms with Crippen molar-refractivity contribution in [2.24, 2.45) is 0 Å². The molecule has 0 aliphatic heterocycles. The van der Waals surface area contributed by atoms with Gasteiger partial charge in [-0.3, -0.25) is 4.79 Å². The highest BCUT2D eigenvalue weighted by atomic mass is 16.5. The van der Waals surface area contributed by atoms with E-state index >= 15 is 0 Å². The highest BCUT2D eigenvalue weighted by Crippen LogP contribution is 2.29. The van der Waals surface area contributed by atoms with Gasteiger partial charge in [-0.2, -0.15) is 0 Å². The van der Waals surface area contributed by atoms with Crippen molar-refractivity contribution in [3.8, 4) is 5.75 Å². The summed E-state index contributed by atoms with van der Waals surface area (Å²) in [5, 5.41) is 1.00. The lowest BCUT2D eigenvalue weighted by molar-refractivity contribution is 0.112. The van der Waals surface area contributed by atoms with Crippen molar-refractivity contribution in [3.63, 3.8) is 0 Å². The van der Waals surface area contributed by atoms with Crippen LogP contribution in [0.4, 0.5) is 0 Å². The van der Waals surface area contributed by atoms with Crippen LogP contribution in [0.1, 0.15) is 62.5 Å². The van der Waals surface area contributed by atoms with Gasteiger partial charge in [0.15, 0.2) is 6.29 Å². The zero-order chi connectivity index (χ0) is 16.1. The molecule has 3 heteroatoms. The number of unbranched alkanes of at least 4 members (excludes halogenated alkanes) is 1. The quantitative estimate of drug-likeness (QED) is 0.633. The molecule has 0 radical (unpaired) electrons. The molecule has 0 N–H and O–H groups in total. The second-order valence-electron chi connectivity index (χ2n) is 6.02. The summed E-state index contributed by atoms with van der Waals surface area (Å²) in [4.78, 5) is 11.5. The number of carbonyl (C=O) groups excluding carboxylic acids is 1. The largest absolute Gasteiger partial charge is 0.491 e. The van der Waals surface area contributed by atoms with Crippen molar-refractivity contribution in [3.05, 3.63) is 29.5 Å². The van der Waals surface area contributed by atoms with Gasteiger partial charge in [0.05, 0.1) is 6.10 Å². The van der Waals surface area contributed by atoms with Crippen LogP contribution in [-0.2, 0) is 6.54 Å². The summed E-state index contributed by atoms with van der Waals surface area (Å²) in [5.74, 6) is 0.851. The molecule has 0 aliphatic rings. The van der Waals surface area contributed by atoms with Gasteiger partial charge in [-0.25, -0.2) is 0 Å². The van der Waals surface area contributed by atoms with Gasteiger partial charge in [0.1, 0.15) is 5.75 Å². The third kappa shape index (κ3) is 3.34. The first kappa shape index (κ1) is 16.6. The van der Waals surface area contributed by atoms with E-state index in [1.165, 1.54) is 0 Å². The van der Waals surface area contributed by atoms with Gasteiger partial charge in [0.2, 0.25) is 0 Å². The van der Waals surface area contributed by atoms with E-state index in [0.29, 0.717) is 0 Å². The van der Waals surface area contributed by atoms with Gasteiger partial charge in [-0.1, -0.05) is 26.7 Å². The molecule has 0 amide bonds. The average Bonchev–Trinajstić information content (AvgIpc) is 2.76. The van der Waals surface area contributed by atoms with Crippen molar-refractivity contribution in [1.82, 2.24) is 4.57 Å². The Bertz CT molecular complexity index is 642. The van der Waals surface area contributed by atoms with E-state index in [1.807, 2.05) is 19.1 Å². The molecule has 1 atom stereocenters. The molecule has 3 nitrogen and oxygen atoms in total. The second kappa shape index (κ2) is 7.48. The van der Waals surface area contributed by atoms with Gasteiger partial charge >= 0.3 is 0 Å². The van der Waals surface area contributed by atoms with E-state index in [1.54, 1.807) is 0 Å². The van der Waals surface area contributed by atoms with Crippen LogP contribution in [0.5, 0.6) is 5.75 Å². The van der Waals surface area contributed by atoms with Gasteiger partial charge in [-0.15, -0.1) is 0 Å². The first-order chi connectivity index (χ1) is 10.6. The molecule has 22 heavy (non-hydrogen) atoms. The van der Waals surface area contributed by atoms with Gasteiger partial charge in [0, 0.05) is 28.7 Å². The summed E-state index contributed by atoms with van der Waals surface area (Å²) in [6.45, 7) is 9.41. The van der Waals surface area contributed by atoms with E-state index < -0.39 is 0 Å². The van der Waals surface area contributed by atoms with Crippen LogP contribution in [0.3, 0.4) is 0 Å². The molecule has 2 rings (SSSR count). The standard InChI is InChI=1S/C19H27NO2/c1-5-7-11-20-15(4)18(13-21)17-12-16(9-10-19(17)20)22-14(3)8-6-2/h9-10,12-14H,5-8,11H2,1-4H3/t14-/m0/s1. The Kier molecular flexibility index (Phi) is 5.64. The number of fused-ring (bicyclic) bond motifs is 1. The van der Waals surface area contributed by atoms with Crippen LogP contribution in [0, 0.1) is 6.92 Å². The maximum atomic E-state index is 11.5. The monoisotopic (exact) mass is 301 g/mol. The molecule has 0 fully saturated rings. The van der Waals surface area contributed by atoms with Crippen LogP contribution < -0.4 is 4.74 Å². The first-order valence-corrected chi connectivity index (χ1v) is 8.37. The summed E-state index contributed by atoms with van der Waals surface area (Å²) in [7, 11) is 0. The van der Waals surface area contributed by atoms with Crippen LogP contribution in [0.15, 0.2) is 18.2 Å². The molecule has 0 spiro atoms. The molecule has 0 saturated heterocycles. The summed E-state index contributed by atoms with van der Waals surface area (Å²) >= 11 is 0. The third-order valence-electron chi connectivity index (χ3n) is 4.23. The van der Waals surface area contributed by atoms with Crippen molar-refractivity contribution in [2.45, 2.75) is 66.0 Å². The maximum absolute atomic E-state index is 11.5. The second-order valence-corrected chi connectivity index (χ2v) is 6.02. The van der Waals surface area contributed by atoms with Crippen LogP contribution in [-0.4, -0.2) is 17.0 Å². The maximum Gasteiger partial charge on any atom is 0.152 e. The highest BCUT2D eigenvalue weighted by molar-refractivity contribution is 6.00. The Morgan fingerprint density at radius 2 is 2.05 bits per heavy atom. The number of ether oxygens (including phenoxy) is 1. The average molecular weight is 301 g/mol. The number of nitrogens with zero attached hydrogens (tertiary/aromatic N) is 1. The predicted molar refractivity (Wildman–Crippen MR) is 92.0 cm³/mol. The van der Waals surface area contributed by atoms with Crippen LogP contribution >= 0.6 is 0 Å². The third-order valence-corrected chi connectivity index (χ3v) is 4.23. The molecule has 1 aromatic carbocycles. The number of aromatic nitrogens is 1. The Balaban J connectivity index is 2.41. The number of hydrogen-bond donors (Lipinski definition) is 0. The van der Waals surface area contributed by atoms with Gasteiger partial charge in [0.25, 0.3) is 0 Å². The normalized spacial score (nSPS) is 12.5. The zero-order valence-electron chi connectivity index (χ0n) is 14.2. The molecule has 0 aliphatic carbocycles. The minimum Gasteiger partial charge on any atom is -0.491 e. The predicted octanol–water partition coefficient (Wildman–Crippen LogP) is 5.13. The Hall–Kier alpha value is -1.77.